The van der Waals surface area contributed by atoms with Gasteiger partial charge in [-0.05, 0) is 24.3 Å². The van der Waals surface area contributed by atoms with Crippen LogP contribution < -0.4 is 5.32 Å². The van der Waals surface area contributed by atoms with Gasteiger partial charge in [0.15, 0.2) is 0 Å². The van der Waals surface area contributed by atoms with E-state index in [0.29, 0.717) is 6.54 Å². The SMILES string of the molecule is Cn1nncc1CNc1ccc(F)cc1. The molecular weight excluding hydrogens is 195 g/mol. The summed E-state index contributed by atoms with van der Waals surface area (Å²) in [6.45, 7) is 0.620. The molecule has 78 valence electrons. The van der Waals surface area contributed by atoms with Crippen LogP contribution in [0.3, 0.4) is 0 Å². The van der Waals surface area contributed by atoms with Crippen LogP contribution in [0.15, 0.2) is 30.5 Å². The Morgan fingerprint density at radius 1 is 1.33 bits per heavy atom. The first-order chi connectivity index (χ1) is 7.25. The lowest BCUT2D eigenvalue weighted by Gasteiger charge is -2.05. The highest BCUT2D eigenvalue weighted by atomic mass is 19.1. The van der Waals surface area contributed by atoms with E-state index in [9.17, 15) is 4.39 Å². The van der Waals surface area contributed by atoms with E-state index < -0.39 is 0 Å². The molecule has 0 atom stereocenters. The summed E-state index contributed by atoms with van der Waals surface area (Å²) in [6.07, 6.45) is 1.69. The molecule has 1 heterocycles. The van der Waals surface area contributed by atoms with Crippen LogP contribution in [0, 0.1) is 5.82 Å². The van der Waals surface area contributed by atoms with Gasteiger partial charge in [-0.3, -0.25) is 4.68 Å². The van der Waals surface area contributed by atoms with Crippen LogP contribution >= 0.6 is 0 Å². The average molecular weight is 206 g/mol. The number of aryl methyl sites for hydroxylation is 1. The Kier molecular flexibility index (Phi) is 2.62. The second-order valence-electron chi connectivity index (χ2n) is 3.21. The van der Waals surface area contributed by atoms with E-state index in [1.165, 1.54) is 12.1 Å². The van der Waals surface area contributed by atoms with Crippen LogP contribution in [0.5, 0.6) is 0 Å². The second-order valence-corrected chi connectivity index (χ2v) is 3.21. The minimum Gasteiger partial charge on any atom is -0.379 e. The van der Waals surface area contributed by atoms with Gasteiger partial charge in [0, 0.05) is 12.7 Å². The number of anilines is 1. The van der Waals surface area contributed by atoms with E-state index in [4.69, 9.17) is 0 Å². The maximum absolute atomic E-state index is 12.6. The lowest BCUT2D eigenvalue weighted by atomic mass is 10.3. The Labute approximate surface area is 86.7 Å². The summed E-state index contributed by atoms with van der Waals surface area (Å²) in [5.74, 6) is -0.234. The van der Waals surface area contributed by atoms with E-state index in [1.54, 1.807) is 23.0 Å². The zero-order valence-electron chi connectivity index (χ0n) is 8.31. The van der Waals surface area contributed by atoms with Crippen molar-refractivity contribution in [1.29, 1.82) is 0 Å². The van der Waals surface area contributed by atoms with Crippen LogP contribution in [0.4, 0.5) is 10.1 Å². The molecule has 0 unspecified atom stereocenters. The molecule has 0 spiro atoms. The molecule has 0 bridgehead atoms. The first-order valence-corrected chi connectivity index (χ1v) is 4.59. The summed E-state index contributed by atoms with van der Waals surface area (Å²) in [7, 11) is 1.83. The summed E-state index contributed by atoms with van der Waals surface area (Å²) in [5.41, 5.74) is 1.84. The second kappa shape index (κ2) is 4.08. The molecule has 0 radical (unpaired) electrons. The maximum Gasteiger partial charge on any atom is 0.123 e. The van der Waals surface area contributed by atoms with Gasteiger partial charge >= 0.3 is 0 Å². The standard InChI is InChI=1S/C10H11FN4/c1-15-10(7-13-14-15)6-12-9-4-2-8(11)3-5-9/h2-5,7,12H,6H2,1H3. The molecule has 0 aliphatic heterocycles. The van der Waals surface area contributed by atoms with Crippen LogP contribution in [0.25, 0.3) is 0 Å². The van der Waals surface area contributed by atoms with Gasteiger partial charge in [-0.1, -0.05) is 5.21 Å². The third kappa shape index (κ3) is 2.31. The molecule has 0 aliphatic carbocycles. The monoisotopic (exact) mass is 206 g/mol. The van der Waals surface area contributed by atoms with Crippen molar-refractivity contribution in [2.45, 2.75) is 6.54 Å². The summed E-state index contributed by atoms with van der Waals surface area (Å²) < 4.78 is 14.3. The molecule has 0 aliphatic rings. The molecule has 0 amide bonds. The van der Waals surface area contributed by atoms with Crippen molar-refractivity contribution in [2.24, 2.45) is 7.05 Å². The van der Waals surface area contributed by atoms with Gasteiger partial charge in [0.05, 0.1) is 18.4 Å². The van der Waals surface area contributed by atoms with Crippen molar-refractivity contribution in [3.63, 3.8) is 0 Å². The fourth-order valence-electron chi connectivity index (χ4n) is 1.23. The van der Waals surface area contributed by atoms with Crippen LogP contribution in [0.2, 0.25) is 0 Å². The highest BCUT2D eigenvalue weighted by Crippen LogP contribution is 2.09. The van der Waals surface area contributed by atoms with Gasteiger partial charge in [-0.2, -0.15) is 0 Å². The van der Waals surface area contributed by atoms with Gasteiger partial charge in [-0.15, -0.1) is 5.10 Å². The van der Waals surface area contributed by atoms with Crippen molar-refractivity contribution >= 4 is 5.69 Å². The number of nitrogens with zero attached hydrogens (tertiary/aromatic N) is 3. The minimum atomic E-state index is -0.234. The minimum absolute atomic E-state index is 0.234. The average Bonchev–Trinajstić information content (AvgIpc) is 2.63. The van der Waals surface area contributed by atoms with Gasteiger partial charge < -0.3 is 5.32 Å². The fraction of sp³-hybridized carbons (Fsp3) is 0.200. The third-order valence-corrected chi connectivity index (χ3v) is 2.13. The molecule has 0 saturated heterocycles. The molecule has 2 aromatic rings. The predicted molar refractivity (Wildman–Crippen MR) is 54.7 cm³/mol. The number of rotatable bonds is 3. The quantitative estimate of drug-likeness (QED) is 0.828. The van der Waals surface area contributed by atoms with Gasteiger partial charge in [0.25, 0.3) is 0 Å². The molecule has 1 aromatic carbocycles. The van der Waals surface area contributed by atoms with E-state index in [0.717, 1.165) is 11.4 Å². The van der Waals surface area contributed by atoms with Crippen LogP contribution in [0.1, 0.15) is 5.69 Å². The predicted octanol–water partition coefficient (Wildman–Crippen LogP) is 1.57. The van der Waals surface area contributed by atoms with Crippen LogP contribution in [-0.4, -0.2) is 15.0 Å². The van der Waals surface area contributed by atoms with Crippen molar-refractivity contribution in [1.82, 2.24) is 15.0 Å². The van der Waals surface area contributed by atoms with Gasteiger partial charge in [-0.25, -0.2) is 4.39 Å². The number of hydrogen-bond acceptors (Lipinski definition) is 3. The number of aromatic nitrogens is 3. The van der Waals surface area contributed by atoms with Crippen molar-refractivity contribution in [2.75, 3.05) is 5.32 Å². The molecule has 2 rings (SSSR count). The Balaban J connectivity index is 1.99. The Bertz CT molecular complexity index is 435. The summed E-state index contributed by atoms with van der Waals surface area (Å²) in [5, 5.41) is 10.7. The first-order valence-electron chi connectivity index (χ1n) is 4.59. The smallest absolute Gasteiger partial charge is 0.123 e. The topological polar surface area (TPSA) is 42.7 Å². The Hall–Kier alpha value is -1.91. The number of hydrogen-bond donors (Lipinski definition) is 1. The van der Waals surface area contributed by atoms with E-state index in [1.807, 2.05) is 7.05 Å². The van der Waals surface area contributed by atoms with Crippen molar-refractivity contribution in [3.8, 4) is 0 Å². The summed E-state index contributed by atoms with van der Waals surface area (Å²) in [6, 6.07) is 6.23. The first kappa shape index (κ1) is 9.64. The zero-order chi connectivity index (χ0) is 10.7. The maximum atomic E-state index is 12.6. The highest BCUT2D eigenvalue weighted by Gasteiger charge is 1.99. The molecule has 1 aromatic heterocycles. The van der Waals surface area contributed by atoms with Gasteiger partial charge in [0.2, 0.25) is 0 Å². The summed E-state index contributed by atoms with van der Waals surface area (Å²) >= 11 is 0. The summed E-state index contributed by atoms with van der Waals surface area (Å²) in [4.78, 5) is 0. The zero-order valence-corrected chi connectivity index (χ0v) is 8.31. The Morgan fingerprint density at radius 2 is 2.07 bits per heavy atom. The third-order valence-electron chi connectivity index (χ3n) is 2.13. The molecule has 0 saturated carbocycles. The fourth-order valence-corrected chi connectivity index (χ4v) is 1.23. The van der Waals surface area contributed by atoms with Crippen molar-refractivity contribution in [3.05, 3.63) is 42.0 Å². The van der Waals surface area contributed by atoms with E-state index in [2.05, 4.69) is 15.6 Å². The normalized spacial score (nSPS) is 10.3. The van der Waals surface area contributed by atoms with Gasteiger partial charge in [0.1, 0.15) is 5.82 Å². The largest absolute Gasteiger partial charge is 0.379 e. The van der Waals surface area contributed by atoms with E-state index >= 15 is 0 Å². The molecule has 4 nitrogen and oxygen atoms in total. The van der Waals surface area contributed by atoms with E-state index in [-0.39, 0.29) is 5.82 Å². The number of halogens is 1. The number of benzene rings is 1. The molecule has 1 N–H and O–H groups in total. The van der Waals surface area contributed by atoms with Crippen LogP contribution in [-0.2, 0) is 13.6 Å². The molecule has 5 heteroatoms. The Morgan fingerprint density at radius 3 is 2.67 bits per heavy atom. The lowest BCUT2D eigenvalue weighted by Crippen LogP contribution is -2.05. The lowest BCUT2D eigenvalue weighted by molar-refractivity contribution is 0.628. The molecule has 15 heavy (non-hydrogen) atoms. The number of nitrogens with one attached hydrogen (secondary N) is 1. The highest BCUT2D eigenvalue weighted by molar-refractivity contribution is 5.42. The molecule has 0 fully saturated rings. The van der Waals surface area contributed by atoms with Crippen molar-refractivity contribution < 1.29 is 4.39 Å². The molecular formula is C10H11FN4.